The molecule has 2 rings (SSSR count). The van der Waals surface area contributed by atoms with Crippen LogP contribution < -0.4 is 10.5 Å². The Morgan fingerprint density at radius 3 is 2.63 bits per heavy atom. The normalized spacial score (nSPS) is 18.3. The Balaban J connectivity index is 2.07. The summed E-state index contributed by atoms with van der Waals surface area (Å²) in [5, 5.41) is 0. The van der Waals surface area contributed by atoms with Crippen molar-refractivity contribution < 1.29 is 9.13 Å². The lowest BCUT2D eigenvalue weighted by atomic mass is 9.90. The smallest absolute Gasteiger partial charge is 0.126 e. The van der Waals surface area contributed by atoms with E-state index in [1.165, 1.54) is 38.2 Å². The first kappa shape index (κ1) is 14.3. The first-order valence-electron chi connectivity index (χ1n) is 7.26. The predicted molar refractivity (Wildman–Crippen MR) is 75.8 cm³/mol. The number of rotatable bonds is 4. The minimum Gasteiger partial charge on any atom is -0.493 e. The van der Waals surface area contributed by atoms with Crippen LogP contribution in [0, 0.1) is 18.7 Å². The first-order valence-corrected chi connectivity index (χ1v) is 7.26. The van der Waals surface area contributed by atoms with Crippen molar-refractivity contribution in [3.63, 3.8) is 0 Å². The lowest BCUT2D eigenvalue weighted by Gasteiger charge is -2.23. The molecule has 0 heterocycles. The maximum absolute atomic E-state index is 13.6. The van der Waals surface area contributed by atoms with Gasteiger partial charge in [0.2, 0.25) is 0 Å². The number of nitrogens with two attached hydrogens (primary N) is 1. The Labute approximate surface area is 115 Å². The van der Waals surface area contributed by atoms with Gasteiger partial charge in [-0.2, -0.15) is 0 Å². The van der Waals surface area contributed by atoms with E-state index in [0.717, 1.165) is 17.9 Å². The number of benzene rings is 1. The number of halogens is 1. The number of aryl methyl sites for hydroxylation is 1. The average Bonchev–Trinajstić information content (AvgIpc) is 2.40. The lowest BCUT2D eigenvalue weighted by Crippen LogP contribution is -2.17. The highest BCUT2D eigenvalue weighted by atomic mass is 19.1. The molecule has 106 valence electrons. The minimum atomic E-state index is -0.212. The van der Waals surface area contributed by atoms with Gasteiger partial charge < -0.3 is 10.5 Å². The van der Waals surface area contributed by atoms with E-state index in [1.54, 1.807) is 13.0 Å². The van der Waals surface area contributed by atoms with Crippen LogP contribution in [0.15, 0.2) is 12.1 Å². The van der Waals surface area contributed by atoms with Crippen molar-refractivity contribution in [1.82, 2.24) is 0 Å². The van der Waals surface area contributed by atoms with Crippen LogP contribution >= 0.6 is 0 Å². The molecular formula is C16H24FNO. The summed E-state index contributed by atoms with van der Waals surface area (Å²) in [4.78, 5) is 0. The fourth-order valence-corrected chi connectivity index (χ4v) is 2.71. The first-order chi connectivity index (χ1) is 9.08. The van der Waals surface area contributed by atoms with Gasteiger partial charge in [-0.1, -0.05) is 19.3 Å². The van der Waals surface area contributed by atoms with Gasteiger partial charge in [0, 0.05) is 11.6 Å². The SMILES string of the molecule is Cc1cc(OCC2CCCCC2)c([C@@H](C)N)cc1F. The second kappa shape index (κ2) is 6.38. The molecule has 1 aromatic carbocycles. The van der Waals surface area contributed by atoms with Crippen molar-refractivity contribution in [2.75, 3.05) is 6.61 Å². The Morgan fingerprint density at radius 1 is 1.32 bits per heavy atom. The van der Waals surface area contributed by atoms with E-state index >= 15 is 0 Å². The Hall–Kier alpha value is -1.09. The summed E-state index contributed by atoms with van der Waals surface area (Å²) in [7, 11) is 0. The van der Waals surface area contributed by atoms with Gasteiger partial charge in [0.05, 0.1) is 6.61 Å². The summed E-state index contributed by atoms with van der Waals surface area (Å²) in [6.45, 7) is 4.34. The van der Waals surface area contributed by atoms with Crippen LogP contribution in [0.4, 0.5) is 4.39 Å². The second-order valence-electron chi connectivity index (χ2n) is 5.74. The third-order valence-electron chi connectivity index (χ3n) is 3.98. The van der Waals surface area contributed by atoms with Crippen LogP contribution in [-0.2, 0) is 0 Å². The fourth-order valence-electron chi connectivity index (χ4n) is 2.71. The topological polar surface area (TPSA) is 35.2 Å². The van der Waals surface area contributed by atoms with Crippen molar-refractivity contribution in [2.45, 2.75) is 52.0 Å². The van der Waals surface area contributed by atoms with E-state index < -0.39 is 0 Å². The molecule has 0 saturated heterocycles. The summed E-state index contributed by atoms with van der Waals surface area (Å²) in [5.41, 5.74) is 7.27. The molecule has 0 bridgehead atoms. The molecule has 1 saturated carbocycles. The Kier molecular flexibility index (Phi) is 4.81. The van der Waals surface area contributed by atoms with Crippen LogP contribution in [0.2, 0.25) is 0 Å². The maximum Gasteiger partial charge on any atom is 0.126 e. The van der Waals surface area contributed by atoms with E-state index in [4.69, 9.17) is 10.5 Å². The maximum atomic E-state index is 13.6. The van der Waals surface area contributed by atoms with Crippen molar-refractivity contribution in [3.05, 3.63) is 29.1 Å². The van der Waals surface area contributed by atoms with E-state index in [9.17, 15) is 4.39 Å². The average molecular weight is 265 g/mol. The summed E-state index contributed by atoms with van der Waals surface area (Å²) >= 11 is 0. The van der Waals surface area contributed by atoms with E-state index in [0.29, 0.717) is 11.5 Å². The fraction of sp³-hybridized carbons (Fsp3) is 0.625. The number of hydrogen-bond donors (Lipinski definition) is 1. The summed E-state index contributed by atoms with van der Waals surface area (Å²) in [5.74, 6) is 1.18. The largest absolute Gasteiger partial charge is 0.493 e. The molecule has 0 radical (unpaired) electrons. The number of ether oxygens (including phenoxy) is 1. The quantitative estimate of drug-likeness (QED) is 0.889. The molecule has 1 atom stereocenters. The van der Waals surface area contributed by atoms with Crippen molar-refractivity contribution in [2.24, 2.45) is 11.7 Å². The molecular weight excluding hydrogens is 241 g/mol. The molecule has 2 N–H and O–H groups in total. The zero-order chi connectivity index (χ0) is 13.8. The highest BCUT2D eigenvalue weighted by Gasteiger charge is 2.17. The van der Waals surface area contributed by atoms with E-state index in [-0.39, 0.29) is 11.9 Å². The molecule has 1 aliphatic rings. The van der Waals surface area contributed by atoms with Crippen LogP contribution in [0.5, 0.6) is 5.75 Å². The van der Waals surface area contributed by atoms with Crippen LogP contribution in [0.3, 0.4) is 0 Å². The molecule has 0 aliphatic heterocycles. The van der Waals surface area contributed by atoms with Crippen LogP contribution in [-0.4, -0.2) is 6.61 Å². The van der Waals surface area contributed by atoms with Gasteiger partial charge in [-0.05, 0) is 50.3 Å². The zero-order valence-corrected chi connectivity index (χ0v) is 11.9. The highest BCUT2D eigenvalue weighted by Crippen LogP contribution is 2.29. The summed E-state index contributed by atoms with van der Waals surface area (Å²) in [6.07, 6.45) is 6.44. The Bertz CT molecular complexity index is 425. The Morgan fingerprint density at radius 2 is 2.00 bits per heavy atom. The zero-order valence-electron chi connectivity index (χ0n) is 11.9. The van der Waals surface area contributed by atoms with Crippen molar-refractivity contribution in [1.29, 1.82) is 0 Å². The number of hydrogen-bond acceptors (Lipinski definition) is 2. The molecule has 2 nitrogen and oxygen atoms in total. The van der Waals surface area contributed by atoms with Gasteiger partial charge in [0.25, 0.3) is 0 Å². The van der Waals surface area contributed by atoms with E-state index in [1.807, 2.05) is 6.92 Å². The molecule has 0 amide bonds. The van der Waals surface area contributed by atoms with Crippen molar-refractivity contribution >= 4 is 0 Å². The molecule has 1 aliphatic carbocycles. The lowest BCUT2D eigenvalue weighted by molar-refractivity contribution is 0.206. The molecule has 19 heavy (non-hydrogen) atoms. The second-order valence-corrected chi connectivity index (χ2v) is 5.74. The van der Waals surface area contributed by atoms with Gasteiger partial charge in [-0.3, -0.25) is 0 Å². The summed E-state index contributed by atoms with van der Waals surface area (Å²) in [6, 6.07) is 3.07. The minimum absolute atomic E-state index is 0.211. The third-order valence-corrected chi connectivity index (χ3v) is 3.98. The van der Waals surface area contributed by atoms with Gasteiger partial charge >= 0.3 is 0 Å². The van der Waals surface area contributed by atoms with Gasteiger partial charge in [0.1, 0.15) is 11.6 Å². The van der Waals surface area contributed by atoms with Crippen LogP contribution in [0.1, 0.15) is 56.2 Å². The molecule has 0 unspecified atom stereocenters. The summed E-state index contributed by atoms with van der Waals surface area (Å²) < 4.78 is 19.5. The molecule has 0 spiro atoms. The van der Waals surface area contributed by atoms with Gasteiger partial charge in [0.15, 0.2) is 0 Å². The van der Waals surface area contributed by atoms with Crippen LogP contribution in [0.25, 0.3) is 0 Å². The molecule has 0 aromatic heterocycles. The van der Waals surface area contributed by atoms with Gasteiger partial charge in [-0.15, -0.1) is 0 Å². The van der Waals surface area contributed by atoms with Crippen molar-refractivity contribution in [3.8, 4) is 5.75 Å². The monoisotopic (exact) mass is 265 g/mol. The van der Waals surface area contributed by atoms with E-state index in [2.05, 4.69) is 0 Å². The molecule has 1 fully saturated rings. The molecule has 3 heteroatoms. The predicted octanol–water partition coefficient (Wildman–Crippen LogP) is 4.11. The highest BCUT2D eigenvalue weighted by molar-refractivity contribution is 5.39. The molecule has 1 aromatic rings. The third kappa shape index (κ3) is 3.69. The van der Waals surface area contributed by atoms with Gasteiger partial charge in [-0.25, -0.2) is 4.39 Å². The standard InChI is InChI=1S/C16H24FNO/c1-11-8-16(14(12(2)18)9-15(11)17)19-10-13-6-4-3-5-7-13/h8-9,12-13H,3-7,10,18H2,1-2H3/t12-/m1/s1.